The Morgan fingerprint density at radius 3 is 2.72 bits per heavy atom. The van der Waals surface area contributed by atoms with Crippen LogP contribution in [0.1, 0.15) is 12.8 Å². The third-order valence-electron chi connectivity index (χ3n) is 2.98. The van der Waals surface area contributed by atoms with Gasteiger partial charge in [0.25, 0.3) is 5.88 Å². The van der Waals surface area contributed by atoms with Crippen LogP contribution in [-0.4, -0.2) is 41.1 Å². The maximum atomic E-state index is 11.1. The number of nitrogens with zero attached hydrogens (tertiary/aromatic N) is 4. The first-order valence-corrected chi connectivity index (χ1v) is 5.67. The van der Waals surface area contributed by atoms with Gasteiger partial charge in [-0.3, -0.25) is 10.1 Å². The number of nitrogens with two attached hydrogens (primary N) is 1. The van der Waals surface area contributed by atoms with Crippen LogP contribution in [-0.2, 0) is 0 Å². The topological polar surface area (TPSA) is 107 Å². The van der Waals surface area contributed by atoms with Gasteiger partial charge >= 0.3 is 5.69 Å². The summed E-state index contributed by atoms with van der Waals surface area (Å²) in [5, 5.41) is 11.1. The van der Waals surface area contributed by atoms with Gasteiger partial charge in [0, 0.05) is 19.1 Å². The van der Waals surface area contributed by atoms with Crippen molar-refractivity contribution in [1.29, 1.82) is 0 Å². The highest BCUT2D eigenvalue weighted by molar-refractivity contribution is 5.62. The molecular formula is C10H15N5O3. The fraction of sp³-hybridized carbons (Fsp3) is 0.600. The molecule has 0 bridgehead atoms. The average molecular weight is 253 g/mol. The summed E-state index contributed by atoms with van der Waals surface area (Å²) >= 11 is 0. The molecule has 2 rings (SSSR count). The first-order valence-electron chi connectivity index (χ1n) is 5.67. The molecule has 1 fully saturated rings. The molecule has 1 aliphatic rings. The molecule has 1 aromatic heterocycles. The van der Waals surface area contributed by atoms with Gasteiger partial charge in [-0.25, -0.2) is 4.98 Å². The first kappa shape index (κ1) is 12.5. The predicted molar refractivity (Wildman–Crippen MR) is 64.7 cm³/mol. The second-order valence-electron chi connectivity index (χ2n) is 4.14. The van der Waals surface area contributed by atoms with Gasteiger partial charge in [0.15, 0.2) is 0 Å². The summed E-state index contributed by atoms with van der Waals surface area (Å²) in [7, 11) is 1.35. The Morgan fingerprint density at radius 2 is 2.17 bits per heavy atom. The Kier molecular flexibility index (Phi) is 3.56. The number of piperidine rings is 1. The van der Waals surface area contributed by atoms with Gasteiger partial charge in [0.2, 0.25) is 5.82 Å². The van der Waals surface area contributed by atoms with E-state index in [0.717, 1.165) is 12.8 Å². The van der Waals surface area contributed by atoms with E-state index < -0.39 is 4.92 Å². The first-order chi connectivity index (χ1) is 8.63. The van der Waals surface area contributed by atoms with E-state index in [0.29, 0.717) is 18.9 Å². The summed E-state index contributed by atoms with van der Waals surface area (Å²) < 4.78 is 4.92. The molecule has 0 aliphatic carbocycles. The van der Waals surface area contributed by atoms with Crippen molar-refractivity contribution >= 4 is 11.5 Å². The SMILES string of the molecule is COc1ncnc(N2CCC(N)CC2)c1[N+](=O)[O-]. The van der Waals surface area contributed by atoms with Gasteiger partial charge in [-0.15, -0.1) is 0 Å². The molecule has 0 radical (unpaired) electrons. The van der Waals surface area contributed by atoms with Crippen LogP contribution >= 0.6 is 0 Å². The monoisotopic (exact) mass is 253 g/mol. The molecule has 0 atom stereocenters. The predicted octanol–water partition coefficient (Wildman–Crippen LogP) is 0.321. The lowest BCUT2D eigenvalue weighted by Gasteiger charge is -2.30. The van der Waals surface area contributed by atoms with E-state index in [4.69, 9.17) is 10.5 Å². The summed E-state index contributed by atoms with van der Waals surface area (Å²) in [4.78, 5) is 20.2. The normalized spacial score (nSPS) is 16.7. The number of aromatic nitrogens is 2. The van der Waals surface area contributed by atoms with Crippen LogP contribution in [0.5, 0.6) is 5.88 Å². The second-order valence-corrected chi connectivity index (χ2v) is 4.14. The number of ether oxygens (including phenoxy) is 1. The quantitative estimate of drug-likeness (QED) is 0.610. The standard InChI is InChI=1S/C10H15N5O3/c1-18-10-8(15(16)17)9(12-6-13-10)14-4-2-7(11)3-5-14/h6-7H,2-5,11H2,1H3. The molecule has 0 amide bonds. The van der Waals surface area contributed by atoms with E-state index >= 15 is 0 Å². The fourth-order valence-electron chi connectivity index (χ4n) is 2.01. The minimum atomic E-state index is -0.511. The van der Waals surface area contributed by atoms with Crippen LogP contribution in [0, 0.1) is 10.1 Å². The Labute approximate surface area is 104 Å². The van der Waals surface area contributed by atoms with Gasteiger partial charge in [-0.2, -0.15) is 4.98 Å². The van der Waals surface area contributed by atoms with Crippen LogP contribution in [0.3, 0.4) is 0 Å². The summed E-state index contributed by atoms with van der Waals surface area (Å²) in [6.07, 6.45) is 2.86. The van der Waals surface area contributed by atoms with Crippen LogP contribution < -0.4 is 15.4 Å². The molecule has 2 N–H and O–H groups in total. The number of hydrogen-bond donors (Lipinski definition) is 1. The molecule has 8 heteroatoms. The summed E-state index contributed by atoms with van der Waals surface area (Å²) in [5.41, 5.74) is 5.63. The van der Waals surface area contributed by atoms with E-state index in [-0.39, 0.29) is 17.6 Å². The Bertz CT molecular complexity index is 445. The molecular weight excluding hydrogens is 238 g/mol. The van der Waals surface area contributed by atoms with Gasteiger partial charge in [-0.05, 0) is 12.8 Å². The molecule has 2 heterocycles. The number of nitro groups is 1. The van der Waals surface area contributed by atoms with Gasteiger partial charge in [-0.1, -0.05) is 0 Å². The van der Waals surface area contributed by atoms with Crippen molar-refractivity contribution in [3.05, 3.63) is 16.4 Å². The minimum absolute atomic E-state index is 0.0140. The van der Waals surface area contributed by atoms with E-state index in [1.54, 1.807) is 0 Å². The molecule has 18 heavy (non-hydrogen) atoms. The lowest BCUT2D eigenvalue weighted by atomic mass is 10.1. The maximum absolute atomic E-state index is 11.1. The lowest BCUT2D eigenvalue weighted by molar-refractivity contribution is -0.385. The Hall–Kier alpha value is -1.96. The van der Waals surface area contributed by atoms with E-state index in [1.807, 2.05) is 4.90 Å². The maximum Gasteiger partial charge on any atom is 0.372 e. The van der Waals surface area contributed by atoms with Crippen molar-refractivity contribution in [2.75, 3.05) is 25.1 Å². The zero-order valence-electron chi connectivity index (χ0n) is 10.1. The van der Waals surface area contributed by atoms with E-state index in [1.165, 1.54) is 13.4 Å². The molecule has 1 aliphatic heterocycles. The highest BCUT2D eigenvalue weighted by Crippen LogP contribution is 2.34. The molecule has 98 valence electrons. The molecule has 0 aromatic carbocycles. The fourth-order valence-corrected chi connectivity index (χ4v) is 2.01. The summed E-state index contributed by atoms with van der Waals surface area (Å²) in [6.45, 7) is 1.31. The van der Waals surface area contributed by atoms with Crippen LogP contribution in [0.25, 0.3) is 0 Å². The van der Waals surface area contributed by atoms with E-state index in [9.17, 15) is 10.1 Å². The molecule has 1 saturated heterocycles. The lowest BCUT2D eigenvalue weighted by Crippen LogP contribution is -2.40. The highest BCUT2D eigenvalue weighted by Gasteiger charge is 2.29. The van der Waals surface area contributed by atoms with Gasteiger partial charge in [0.05, 0.1) is 12.0 Å². The zero-order chi connectivity index (χ0) is 13.1. The van der Waals surface area contributed by atoms with Crippen molar-refractivity contribution in [3.8, 4) is 5.88 Å². The largest absolute Gasteiger partial charge is 0.476 e. The Balaban J connectivity index is 2.35. The van der Waals surface area contributed by atoms with E-state index in [2.05, 4.69) is 9.97 Å². The van der Waals surface area contributed by atoms with Crippen molar-refractivity contribution in [2.45, 2.75) is 18.9 Å². The van der Waals surface area contributed by atoms with Crippen molar-refractivity contribution in [1.82, 2.24) is 9.97 Å². The molecule has 1 aromatic rings. The van der Waals surface area contributed by atoms with Gasteiger partial charge in [0.1, 0.15) is 6.33 Å². The second kappa shape index (κ2) is 5.13. The van der Waals surface area contributed by atoms with Crippen molar-refractivity contribution in [2.24, 2.45) is 5.73 Å². The van der Waals surface area contributed by atoms with Gasteiger partial charge < -0.3 is 15.4 Å². The number of rotatable bonds is 3. The van der Waals surface area contributed by atoms with Crippen LogP contribution in [0.2, 0.25) is 0 Å². The third kappa shape index (κ3) is 2.33. The molecule has 0 unspecified atom stereocenters. The number of methoxy groups -OCH3 is 1. The number of anilines is 1. The number of hydrogen-bond acceptors (Lipinski definition) is 7. The minimum Gasteiger partial charge on any atom is -0.476 e. The molecule has 0 spiro atoms. The molecule has 0 saturated carbocycles. The van der Waals surface area contributed by atoms with Crippen molar-refractivity contribution < 1.29 is 9.66 Å². The van der Waals surface area contributed by atoms with Crippen LogP contribution in [0.4, 0.5) is 11.5 Å². The zero-order valence-corrected chi connectivity index (χ0v) is 10.1. The van der Waals surface area contributed by atoms with Crippen LogP contribution in [0.15, 0.2) is 6.33 Å². The Morgan fingerprint density at radius 1 is 1.50 bits per heavy atom. The smallest absolute Gasteiger partial charge is 0.372 e. The van der Waals surface area contributed by atoms with Crippen molar-refractivity contribution in [3.63, 3.8) is 0 Å². The average Bonchev–Trinajstić information content (AvgIpc) is 2.38. The third-order valence-corrected chi connectivity index (χ3v) is 2.98. The summed E-state index contributed by atoms with van der Waals surface area (Å²) in [5.74, 6) is 0.290. The highest BCUT2D eigenvalue weighted by atomic mass is 16.6. The summed E-state index contributed by atoms with van der Waals surface area (Å²) in [6, 6.07) is 0.157. The molecule has 8 nitrogen and oxygen atoms in total.